The molecular formula is C8H18N5O2-. The zero-order valence-electron chi connectivity index (χ0n) is 9.17. The summed E-state index contributed by atoms with van der Waals surface area (Å²) < 4.78 is 0. The molecule has 0 unspecified atom stereocenters. The third-order valence-corrected chi connectivity index (χ3v) is 2.66. The summed E-state index contributed by atoms with van der Waals surface area (Å²) in [6.07, 6.45) is 0. The Morgan fingerprint density at radius 2 is 1.93 bits per heavy atom. The van der Waals surface area contributed by atoms with E-state index in [2.05, 4.69) is 10.2 Å². The highest BCUT2D eigenvalue weighted by molar-refractivity contribution is 4.80. The highest BCUT2D eigenvalue weighted by Crippen LogP contribution is 2.15. The van der Waals surface area contributed by atoms with Crippen molar-refractivity contribution in [2.24, 2.45) is 11.0 Å². The predicted molar refractivity (Wildman–Crippen MR) is 55.7 cm³/mol. The van der Waals surface area contributed by atoms with Gasteiger partial charge < -0.3 is 16.1 Å². The summed E-state index contributed by atoms with van der Waals surface area (Å²) in [5, 5.41) is 25.2. The van der Waals surface area contributed by atoms with Gasteiger partial charge in [0.05, 0.1) is 12.1 Å². The first-order valence-corrected chi connectivity index (χ1v) is 5.11. The first-order chi connectivity index (χ1) is 7.10. The molecule has 0 aromatic carbocycles. The Hall–Kier alpha value is -1.08. The lowest BCUT2D eigenvalue weighted by Gasteiger charge is -2.40. The number of nitrogens with zero attached hydrogens (tertiary/aromatic N) is 4. The molecule has 15 heavy (non-hydrogen) atoms. The number of hydrazine groups is 1. The van der Waals surface area contributed by atoms with E-state index in [1.165, 1.54) is 5.01 Å². The van der Waals surface area contributed by atoms with Crippen LogP contribution in [0.15, 0.2) is 5.28 Å². The van der Waals surface area contributed by atoms with Crippen molar-refractivity contribution in [3.63, 3.8) is 0 Å². The molecule has 0 aromatic rings. The summed E-state index contributed by atoms with van der Waals surface area (Å²) in [5.74, 6) is 0. The molecule has 0 saturated carbocycles. The van der Waals surface area contributed by atoms with Crippen molar-refractivity contribution >= 4 is 0 Å². The van der Waals surface area contributed by atoms with Gasteiger partial charge in [-0.2, -0.15) is 0 Å². The molecule has 0 radical (unpaired) electrons. The van der Waals surface area contributed by atoms with Crippen molar-refractivity contribution in [3.05, 3.63) is 10.4 Å². The molecule has 1 rings (SSSR count). The monoisotopic (exact) mass is 216 g/mol. The van der Waals surface area contributed by atoms with E-state index < -0.39 is 0 Å². The lowest BCUT2D eigenvalue weighted by Crippen LogP contribution is -2.59. The Balaban J connectivity index is 2.64. The molecule has 2 N–H and O–H groups in total. The second-order valence-corrected chi connectivity index (χ2v) is 3.96. The number of hydrogen-bond acceptors (Lipinski definition) is 5. The molecule has 1 heterocycles. The van der Waals surface area contributed by atoms with E-state index >= 15 is 0 Å². The van der Waals surface area contributed by atoms with Crippen molar-refractivity contribution in [2.75, 3.05) is 26.2 Å². The van der Waals surface area contributed by atoms with Crippen LogP contribution >= 0.6 is 0 Å². The van der Waals surface area contributed by atoms with Crippen LogP contribution in [-0.4, -0.2) is 53.1 Å². The second-order valence-electron chi connectivity index (χ2n) is 3.96. The fraction of sp³-hybridized carbons (Fsp3) is 1.00. The number of rotatable bonds is 3. The topological polar surface area (TPSA) is 94.0 Å². The maximum absolute atomic E-state index is 11.2. The Kier molecular flexibility index (Phi) is 4.10. The zero-order chi connectivity index (χ0) is 11.4. The van der Waals surface area contributed by atoms with Crippen LogP contribution in [0.25, 0.3) is 0 Å². The van der Waals surface area contributed by atoms with Crippen LogP contribution in [-0.2, 0) is 0 Å². The molecule has 1 saturated heterocycles. The van der Waals surface area contributed by atoms with E-state index in [4.69, 9.17) is 5.73 Å². The molecule has 0 aliphatic carbocycles. The first kappa shape index (κ1) is 12.0. The van der Waals surface area contributed by atoms with Gasteiger partial charge in [0.25, 0.3) is 0 Å². The van der Waals surface area contributed by atoms with Crippen LogP contribution in [0.2, 0.25) is 0 Å². The Bertz CT molecular complexity index is 223. The molecule has 7 heteroatoms. The third kappa shape index (κ3) is 2.69. The van der Waals surface area contributed by atoms with Gasteiger partial charge in [0.1, 0.15) is 0 Å². The molecule has 88 valence electrons. The van der Waals surface area contributed by atoms with Gasteiger partial charge in [0, 0.05) is 31.1 Å². The van der Waals surface area contributed by atoms with E-state index in [0.29, 0.717) is 6.54 Å². The van der Waals surface area contributed by atoms with Crippen LogP contribution in [0.1, 0.15) is 13.8 Å². The van der Waals surface area contributed by atoms with Gasteiger partial charge in [-0.25, -0.2) is 0 Å². The van der Waals surface area contributed by atoms with Gasteiger partial charge in [-0.05, 0) is 19.1 Å². The minimum absolute atomic E-state index is 0.0181. The van der Waals surface area contributed by atoms with Crippen LogP contribution < -0.4 is 5.73 Å². The largest absolute Gasteiger partial charge is 0.737 e. The van der Waals surface area contributed by atoms with Crippen molar-refractivity contribution < 1.29 is 4.97 Å². The Labute approximate surface area is 89.3 Å². The van der Waals surface area contributed by atoms with Gasteiger partial charge in [-0.1, -0.05) is 0 Å². The van der Waals surface area contributed by atoms with E-state index in [0.717, 1.165) is 19.6 Å². The minimum atomic E-state index is -0.0181. The fourth-order valence-electron chi connectivity index (χ4n) is 2.17. The van der Waals surface area contributed by atoms with Crippen molar-refractivity contribution in [3.8, 4) is 0 Å². The van der Waals surface area contributed by atoms with Gasteiger partial charge in [-0.15, -0.1) is 5.01 Å². The molecule has 0 amide bonds. The SMILES string of the molecule is C[C@@H]1CN(CCN)C[C@H](C)N1/[N+]([O-])=N\[O-]. The van der Waals surface area contributed by atoms with Crippen molar-refractivity contribution in [1.82, 2.24) is 9.91 Å². The maximum Gasteiger partial charge on any atom is 0.0978 e. The second kappa shape index (κ2) is 5.13. The van der Waals surface area contributed by atoms with Gasteiger partial charge in [0.15, 0.2) is 0 Å². The molecule has 2 atom stereocenters. The standard InChI is InChI=1S/C8H19N5O2/c1-7-5-11(4-3-9)6-8(2)12(7)13(15)10-14/h7-8,14H,3-6,9H2,1-2H3/p-1/b13-10+/t7-,8+. The normalized spacial score (nSPS) is 29.5. The van der Waals surface area contributed by atoms with E-state index in [9.17, 15) is 10.4 Å². The van der Waals surface area contributed by atoms with Crippen molar-refractivity contribution in [2.45, 2.75) is 25.9 Å². The van der Waals surface area contributed by atoms with Crippen LogP contribution in [0.5, 0.6) is 0 Å². The van der Waals surface area contributed by atoms with E-state index in [1.807, 2.05) is 13.8 Å². The maximum atomic E-state index is 11.2. The summed E-state index contributed by atoms with van der Waals surface area (Å²) >= 11 is 0. The number of piperazine rings is 1. The highest BCUT2D eigenvalue weighted by atomic mass is 16.6. The van der Waals surface area contributed by atoms with Crippen LogP contribution in [0.4, 0.5) is 0 Å². The molecule has 0 aromatic heterocycles. The average molecular weight is 216 g/mol. The van der Waals surface area contributed by atoms with Crippen LogP contribution in [0, 0.1) is 10.4 Å². The Morgan fingerprint density at radius 3 is 2.33 bits per heavy atom. The third-order valence-electron chi connectivity index (χ3n) is 2.66. The van der Waals surface area contributed by atoms with Gasteiger partial charge >= 0.3 is 0 Å². The molecular weight excluding hydrogens is 198 g/mol. The molecule has 1 aliphatic heterocycles. The quantitative estimate of drug-likeness (QED) is 0.397. The Morgan fingerprint density at radius 1 is 1.40 bits per heavy atom. The molecule has 7 nitrogen and oxygen atoms in total. The van der Waals surface area contributed by atoms with Crippen LogP contribution in [0.3, 0.4) is 0 Å². The van der Waals surface area contributed by atoms with E-state index in [1.54, 1.807) is 0 Å². The van der Waals surface area contributed by atoms with E-state index in [-0.39, 0.29) is 17.1 Å². The summed E-state index contributed by atoms with van der Waals surface area (Å²) in [5.41, 5.74) is 5.47. The summed E-state index contributed by atoms with van der Waals surface area (Å²) in [4.78, 5) is 2.33. The summed E-state index contributed by atoms with van der Waals surface area (Å²) in [6, 6.07) is -0.0361. The molecule has 1 aliphatic rings. The minimum Gasteiger partial charge on any atom is -0.737 e. The highest BCUT2D eigenvalue weighted by Gasteiger charge is 2.34. The lowest BCUT2D eigenvalue weighted by atomic mass is 10.1. The average Bonchev–Trinajstić information content (AvgIpc) is 2.16. The lowest BCUT2D eigenvalue weighted by molar-refractivity contribution is -0.708. The summed E-state index contributed by atoms with van der Waals surface area (Å²) in [7, 11) is 0. The number of hydrogen-bond donors (Lipinski definition) is 1. The molecule has 1 fully saturated rings. The van der Waals surface area contributed by atoms with Gasteiger partial charge in [-0.3, -0.25) is 4.90 Å². The smallest absolute Gasteiger partial charge is 0.0978 e. The first-order valence-electron chi connectivity index (χ1n) is 5.11. The number of nitrogens with two attached hydrogens (primary N) is 1. The fourth-order valence-corrected chi connectivity index (χ4v) is 2.17. The molecule has 0 bridgehead atoms. The zero-order valence-corrected chi connectivity index (χ0v) is 9.17. The predicted octanol–water partition coefficient (Wildman–Crippen LogP) is -0.285. The van der Waals surface area contributed by atoms with Crippen molar-refractivity contribution in [1.29, 1.82) is 0 Å². The summed E-state index contributed by atoms with van der Waals surface area (Å²) in [6.45, 7) is 6.68. The molecule has 0 spiro atoms. The van der Waals surface area contributed by atoms with Gasteiger partial charge in [0.2, 0.25) is 0 Å².